The van der Waals surface area contributed by atoms with Gasteiger partial charge in [-0.3, -0.25) is 4.98 Å². The van der Waals surface area contributed by atoms with Crippen LogP contribution in [0.1, 0.15) is 17.3 Å². The van der Waals surface area contributed by atoms with E-state index in [1.807, 2.05) is 37.5 Å². The molecule has 2 heterocycles. The monoisotopic (exact) mass is 269 g/mol. The largest absolute Gasteiger partial charge is 0.311 e. The number of benzene rings is 1. The molecule has 0 fully saturated rings. The molecular formula is C15H15N3S. The zero-order valence-electron chi connectivity index (χ0n) is 10.7. The number of para-hydroxylation sites is 2. The molecule has 1 N–H and O–H groups in total. The molecule has 3 rings (SSSR count). The maximum atomic E-state index is 4.71. The van der Waals surface area contributed by atoms with Gasteiger partial charge < -0.3 is 5.32 Å². The number of hydrogen-bond acceptors (Lipinski definition) is 4. The lowest BCUT2D eigenvalue weighted by atomic mass is 10.1. The zero-order chi connectivity index (χ0) is 13.1. The van der Waals surface area contributed by atoms with Crippen molar-refractivity contribution in [2.45, 2.75) is 12.5 Å². The van der Waals surface area contributed by atoms with Crippen LogP contribution in [-0.2, 0) is 6.42 Å². The summed E-state index contributed by atoms with van der Waals surface area (Å²) < 4.78 is 0. The Bertz CT molecular complexity index is 664. The van der Waals surface area contributed by atoms with E-state index in [4.69, 9.17) is 4.98 Å². The molecule has 0 saturated heterocycles. The van der Waals surface area contributed by atoms with Crippen molar-refractivity contribution in [2.75, 3.05) is 7.05 Å². The number of fused-ring (bicyclic) bond motifs is 1. The van der Waals surface area contributed by atoms with Crippen LogP contribution in [0.3, 0.4) is 0 Å². The summed E-state index contributed by atoms with van der Waals surface area (Å²) in [5.41, 5.74) is 4.22. The lowest BCUT2D eigenvalue weighted by Gasteiger charge is -2.15. The van der Waals surface area contributed by atoms with Gasteiger partial charge in [-0.1, -0.05) is 12.1 Å². The van der Waals surface area contributed by atoms with Gasteiger partial charge in [0.15, 0.2) is 0 Å². The van der Waals surface area contributed by atoms with Gasteiger partial charge in [0.1, 0.15) is 0 Å². The Balaban J connectivity index is 1.92. The molecule has 3 aromatic rings. The van der Waals surface area contributed by atoms with Crippen LogP contribution in [0.2, 0.25) is 0 Å². The number of likely N-dealkylation sites (N-methyl/N-ethyl adjacent to an activating group) is 1. The van der Waals surface area contributed by atoms with E-state index < -0.39 is 0 Å². The predicted octanol–water partition coefficient (Wildman–Crippen LogP) is 3.19. The highest BCUT2D eigenvalue weighted by Crippen LogP contribution is 2.19. The Morgan fingerprint density at radius 1 is 1.21 bits per heavy atom. The van der Waals surface area contributed by atoms with Crippen LogP contribution in [0.15, 0.2) is 47.3 Å². The van der Waals surface area contributed by atoms with Crippen molar-refractivity contribution in [3.8, 4) is 0 Å². The van der Waals surface area contributed by atoms with Gasteiger partial charge in [-0.05, 0) is 48.0 Å². The van der Waals surface area contributed by atoms with Crippen LogP contribution in [0, 0.1) is 0 Å². The standard InChI is InChI=1S/C15H15N3S/c1-16-14(8-11-6-7-19-10-11)15-9-17-12-4-2-3-5-13(12)18-15/h2-7,9-10,14,16H,8H2,1H3. The van der Waals surface area contributed by atoms with E-state index in [1.54, 1.807) is 11.3 Å². The molecule has 1 aromatic carbocycles. The third-order valence-electron chi connectivity index (χ3n) is 3.19. The van der Waals surface area contributed by atoms with E-state index in [0.29, 0.717) is 0 Å². The fourth-order valence-corrected chi connectivity index (χ4v) is 2.82. The third-order valence-corrected chi connectivity index (χ3v) is 3.92. The fraction of sp³-hybridized carbons (Fsp3) is 0.200. The van der Waals surface area contributed by atoms with Gasteiger partial charge in [-0.25, -0.2) is 4.98 Å². The van der Waals surface area contributed by atoms with Crippen molar-refractivity contribution in [3.63, 3.8) is 0 Å². The van der Waals surface area contributed by atoms with Crippen LogP contribution in [0.5, 0.6) is 0 Å². The summed E-state index contributed by atoms with van der Waals surface area (Å²) in [6.07, 6.45) is 2.81. The van der Waals surface area contributed by atoms with Gasteiger partial charge in [0.05, 0.1) is 29.0 Å². The van der Waals surface area contributed by atoms with Crippen LogP contribution in [-0.4, -0.2) is 17.0 Å². The minimum atomic E-state index is 0.201. The van der Waals surface area contributed by atoms with Crippen molar-refractivity contribution in [1.29, 1.82) is 0 Å². The molecule has 2 aromatic heterocycles. The molecule has 0 radical (unpaired) electrons. The van der Waals surface area contributed by atoms with E-state index in [0.717, 1.165) is 23.1 Å². The topological polar surface area (TPSA) is 37.8 Å². The third kappa shape index (κ3) is 2.64. The Labute approximate surface area is 116 Å². The highest BCUT2D eigenvalue weighted by molar-refractivity contribution is 7.07. The Morgan fingerprint density at radius 2 is 2.05 bits per heavy atom. The lowest BCUT2D eigenvalue weighted by Crippen LogP contribution is -2.20. The summed E-state index contributed by atoms with van der Waals surface area (Å²) in [7, 11) is 1.97. The molecule has 0 aliphatic carbocycles. The van der Waals surface area contributed by atoms with Gasteiger partial charge in [-0.15, -0.1) is 0 Å². The number of hydrogen-bond donors (Lipinski definition) is 1. The second-order valence-electron chi connectivity index (χ2n) is 4.46. The van der Waals surface area contributed by atoms with Crippen molar-refractivity contribution < 1.29 is 0 Å². The minimum absolute atomic E-state index is 0.201. The van der Waals surface area contributed by atoms with Crippen LogP contribution in [0.25, 0.3) is 11.0 Å². The zero-order valence-corrected chi connectivity index (χ0v) is 11.5. The Kier molecular flexibility index (Phi) is 3.53. The molecule has 0 amide bonds. The average Bonchev–Trinajstić information content (AvgIpc) is 2.97. The molecule has 19 heavy (non-hydrogen) atoms. The molecule has 0 spiro atoms. The number of aromatic nitrogens is 2. The summed E-state index contributed by atoms with van der Waals surface area (Å²) in [4.78, 5) is 9.18. The van der Waals surface area contributed by atoms with Gasteiger partial charge in [-0.2, -0.15) is 11.3 Å². The van der Waals surface area contributed by atoms with Gasteiger partial charge >= 0.3 is 0 Å². The maximum Gasteiger partial charge on any atom is 0.0890 e. The van der Waals surface area contributed by atoms with Crippen molar-refractivity contribution in [1.82, 2.24) is 15.3 Å². The SMILES string of the molecule is CNC(Cc1ccsc1)c1cnc2ccccc2n1. The quantitative estimate of drug-likeness (QED) is 0.790. The number of rotatable bonds is 4. The molecule has 0 aliphatic rings. The molecule has 1 unspecified atom stereocenters. The lowest BCUT2D eigenvalue weighted by molar-refractivity contribution is 0.576. The van der Waals surface area contributed by atoms with E-state index in [2.05, 4.69) is 27.1 Å². The first-order valence-electron chi connectivity index (χ1n) is 6.27. The fourth-order valence-electron chi connectivity index (χ4n) is 2.14. The van der Waals surface area contributed by atoms with Gasteiger partial charge in [0.25, 0.3) is 0 Å². The first kappa shape index (κ1) is 12.3. The number of nitrogens with one attached hydrogen (secondary N) is 1. The van der Waals surface area contributed by atoms with Crippen LogP contribution >= 0.6 is 11.3 Å². The van der Waals surface area contributed by atoms with Crippen LogP contribution < -0.4 is 5.32 Å². The molecule has 1 atom stereocenters. The highest BCUT2D eigenvalue weighted by atomic mass is 32.1. The summed E-state index contributed by atoms with van der Waals surface area (Å²) in [6.45, 7) is 0. The van der Waals surface area contributed by atoms with Crippen molar-refractivity contribution >= 4 is 22.4 Å². The summed E-state index contributed by atoms with van der Waals surface area (Å²) in [5, 5.41) is 7.61. The molecule has 0 saturated carbocycles. The highest BCUT2D eigenvalue weighted by Gasteiger charge is 2.13. The average molecular weight is 269 g/mol. The van der Waals surface area contributed by atoms with Crippen molar-refractivity contribution in [2.24, 2.45) is 0 Å². The molecule has 0 aliphatic heterocycles. The maximum absolute atomic E-state index is 4.71. The number of thiophene rings is 1. The normalized spacial score (nSPS) is 12.7. The molecular weight excluding hydrogens is 254 g/mol. The van der Waals surface area contributed by atoms with Gasteiger partial charge in [0.2, 0.25) is 0 Å². The molecule has 4 heteroatoms. The van der Waals surface area contributed by atoms with E-state index in [-0.39, 0.29) is 6.04 Å². The molecule has 96 valence electrons. The van der Waals surface area contributed by atoms with E-state index >= 15 is 0 Å². The minimum Gasteiger partial charge on any atom is -0.311 e. The summed E-state index contributed by atoms with van der Waals surface area (Å²) >= 11 is 1.73. The number of nitrogens with zero attached hydrogens (tertiary/aromatic N) is 2. The van der Waals surface area contributed by atoms with E-state index in [1.165, 1.54) is 5.56 Å². The van der Waals surface area contributed by atoms with Crippen LogP contribution in [0.4, 0.5) is 0 Å². The predicted molar refractivity (Wildman–Crippen MR) is 79.4 cm³/mol. The second kappa shape index (κ2) is 5.47. The summed E-state index contributed by atoms with van der Waals surface area (Å²) in [5.74, 6) is 0. The van der Waals surface area contributed by atoms with Gasteiger partial charge in [0, 0.05) is 0 Å². The second-order valence-corrected chi connectivity index (χ2v) is 5.24. The Hall–Kier alpha value is -1.78. The first-order chi connectivity index (χ1) is 9.36. The van der Waals surface area contributed by atoms with E-state index in [9.17, 15) is 0 Å². The Morgan fingerprint density at radius 3 is 2.79 bits per heavy atom. The smallest absolute Gasteiger partial charge is 0.0890 e. The molecule has 0 bridgehead atoms. The first-order valence-corrected chi connectivity index (χ1v) is 7.21. The molecule has 3 nitrogen and oxygen atoms in total. The summed E-state index contributed by atoms with van der Waals surface area (Å²) in [6, 6.07) is 10.3. The van der Waals surface area contributed by atoms with Crippen molar-refractivity contribution in [3.05, 3.63) is 58.5 Å².